The Kier molecular flexibility index (Phi) is 6.00. The van der Waals surface area contributed by atoms with E-state index in [1.165, 1.54) is 11.8 Å². The van der Waals surface area contributed by atoms with Gasteiger partial charge in [-0.1, -0.05) is 54.1 Å². The Morgan fingerprint density at radius 1 is 1.00 bits per heavy atom. The molecular weight excluding hydrogens is 408 g/mol. The molecule has 0 aromatic heterocycles. The number of nitrogens with one attached hydrogen (secondary N) is 1. The summed E-state index contributed by atoms with van der Waals surface area (Å²) in [6.45, 7) is 4.01. The minimum Gasteiger partial charge on any atom is -0.422 e. The van der Waals surface area contributed by atoms with Gasteiger partial charge >= 0.3 is 5.97 Å². The van der Waals surface area contributed by atoms with Crippen LogP contribution in [0.1, 0.15) is 27.0 Å². The van der Waals surface area contributed by atoms with Gasteiger partial charge in [0, 0.05) is 5.56 Å². The first-order valence-electron chi connectivity index (χ1n) is 9.73. The molecule has 0 bridgehead atoms. The predicted molar refractivity (Wildman–Crippen MR) is 125 cm³/mol. The van der Waals surface area contributed by atoms with Gasteiger partial charge in [-0.05, 0) is 61.5 Å². The van der Waals surface area contributed by atoms with E-state index in [2.05, 4.69) is 16.4 Å². The summed E-state index contributed by atoms with van der Waals surface area (Å²) < 4.78 is 5.57. The van der Waals surface area contributed by atoms with Crippen LogP contribution in [0.5, 0.6) is 5.75 Å². The molecule has 1 amide bonds. The molecule has 1 aliphatic rings. The Bertz CT molecular complexity index is 1220. The number of esters is 1. The molecular formula is C25H20N2O3S. The van der Waals surface area contributed by atoms with Crippen LogP contribution in [0, 0.1) is 13.8 Å². The minimum absolute atomic E-state index is 0.238. The maximum Gasteiger partial charge on any atom is 0.343 e. The van der Waals surface area contributed by atoms with E-state index in [0.29, 0.717) is 26.9 Å². The van der Waals surface area contributed by atoms with Gasteiger partial charge in [0.2, 0.25) is 0 Å². The minimum atomic E-state index is -0.452. The van der Waals surface area contributed by atoms with E-state index in [1.807, 2.05) is 38.1 Å². The molecule has 0 radical (unpaired) electrons. The van der Waals surface area contributed by atoms with E-state index in [4.69, 9.17) is 4.74 Å². The summed E-state index contributed by atoms with van der Waals surface area (Å²) in [7, 11) is 0. The standard InChI is InChI=1S/C25H20N2O3S/c1-16-12-13-20(17(2)14-16)26-25-27-23(28)22(31-25)15-19-10-6-7-11-21(19)30-24(29)18-8-4-3-5-9-18/h3-15H,1-2H3,(H,26,27,28)/b22-15-. The number of ether oxygens (including phenoxy) is 1. The highest BCUT2D eigenvalue weighted by molar-refractivity contribution is 8.18. The predicted octanol–water partition coefficient (Wildman–Crippen LogP) is 5.41. The lowest BCUT2D eigenvalue weighted by molar-refractivity contribution is -0.115. The number of carbonyl (C=O) groups is 2. The molecule has 0 atom stereocenters. The van der Waals surface area contributed by atoms with Crippen LogP contribution >= 0.6 is 11.8 Å². The number of benzene rings is 3. The van der Waals surface area contributed by atoms with Gasteiger partial charge in [-0.2, -0.15) is 0 Å². The molecule has 5 nitrogen and oxygen atoms in total. The number of hydrogen-bond donors (Lipinski definition) is 1. The fraction of sp³-hybridized carbons (Fsp3) is 0.0800. The molecule has 1 saturated heterocycles. The summed E-state index contributed by atoms with van der Waals surface area (Å²) in [5, 5.41) is 3.31. The van der Waals surface area contributed by atoms with E-state index in [0.717, 1.165) is 16.8 Å². The number of rotatable bonds is 4. The zero-order valence-electron chi connectivity index (χ0n) is 17.1. The van der Waals surface area contributed by atoms with Crippen molar-refractivity contribution in [2.75, 3.05) is 0 Å². The van der Waals surface area contributed by atoms with E-state index in [1.54, 1.807) is 48.5 Å². The second-order valence-corrected chi connectivity index (χ2v) is 8.10. The van der Waals surface area contributed by atoms with E-state index < -0.39 is 5.97 Å². The van der Waals surface area contributed by atoms with Crippen molar-refractivity contribution in [3.8, 4) is 5.75 Å². The summed E-state index contributed by atoms with van der Waals surface area (Å²) >= 11 is 1.26. The van der Waals surface area contributed by atoms with Gasteiger partial charge in [0.1, 0.15) is 5.75 Å². The summed E-state index contributed by atoms with van der Waals surface area (Å²) in [6.07, 6.45) is 1.71. The molecule has 0 unspecified atom stereocenters. The van der Waals surface area contributed by atoms with Crippen LogP contribution in [0.4, 0.5) is 5.69 Å². The first kappa shape index (κ1) is 20.6. The molecule has 1 aliphatic heterocycles. The molecule has 3 aromatic carbocycles. The number of nitrogens with zero attached hydrogens (tertiary/aromatic N) is 1. The van der Waals surface area contributed by atoms with Crippen molar-refractivity contribution in [2.45, 2.75) is 13.8 Å². The van der Waals surface area contributed by atoms with E-state index in [9.17, 15) is 9.59 Å². The maximum atomic E-state index is 12.5. The lowest BCUT2D eigenvalue weighted by Crippen LogP contribution is -2.19. The Morgan fingerprint density at radius 2 is 1.74 bits per heavy atom. The Labute approximate surface area is 184 Å². The van der Waals surface area contributed by atoms with Crippen molar-refractivity contribution in [1.82, 2.24) is 5.32 Å². The second-order valence-electron chi connectivity index (χ2n) is 7.07. The van der Waals surface area contributed by atoms with Gasteiger partial charge in [0.05, 0.1) is 16.2 Å². The van der Waals surface area contributed by atoms with Gasteiger partial charge in [0.15, 0.2) is 5.17 Å². The van der Waals surface area contributed by atoms with Gasteiger partial charge < -0.3 is 10.1 Å². The fourth-order valence-corrected chi connectivity index (χ4v) is 3.91. The summed E-state index contributed by atoms with van der Waals surface area (Å²) in [6, 6.07) is 21.9. The molecule has 0 spiro atoms. The van der Waals surface area contributed by atoms with Crippen LogP contribution in [0.25, 0.3) is 6.08 Å². The number of amidine groups is 1. The summed E-state index contributed by atoms with van der Waals surface area (Å²) in [5.41, 5.74) is 4.11. The quantitative estimate of drug-likeness (QED) is 0.343. The molecule has 31 heavy (non-hydrogen) atoms. The van der Waals surface area contributed by atoms with Crippen LogP contribution in [0.3, 0.4) is 0 Å². The van der Waals surface area contributed by atoms with Crippen LogP contribution in [0.2, 0.25) is 0 Å². The highest BCUT2D eigenvalue weighted by Crippen LogP contribution is 2.31. The monoisotopic (exact) mass is 428 g/mol. The smallest absolute Gasteiger partial charge is 0.343 e. The second kappa shape index (κ2) is 9.02. The van der Waals surface area contributed by atoms with Crippen molar-refractivity contribution in [2.24, 2.45) is 4.99 Å². The Morgan fingerprint density at radius 3 is 2.52 bits per heavy atom. The number of aliphatic imine (C=N–C) groups is 1. The molecule has 0 saturated carbocycles. The number of hydrogen-bond acceptors (Lipinski definition) is 5. The zero-order valence-corrected chi connectivity index (χ0v) is 17.9. The van der Waals surface area contributed by atoms with Crippen LogP contribution in [-0.4, -0.2) is 17.0 Å². The molecule has 1 fully saturated rings. The highest BCUT2D eigenvalue weighted by Gasteiger charge is 2.24. The topological polar surface area (TPSA) is 67.8 Å². The van der Waals surface area contributed by atoms with Crippen LogP contribution < -0.4 is 10.1 Å². The van der Waals surface area contributed by atoms with Gasteiger partial charge in [-0.3, -0.25) is 4.79 Å². The normalized spacial score (nSPS) is 15.9. The maximum absolute atomic E-state index is 12.5. The van der Waals surface area contributed by atoms with Crippen molar-refractivity contribution >= 4 is 40.6 Å². The number of amides is 1. The Hall–Kier alpha value is -3.64. The molecule has 0 aliphatic carbocycles. The lowest BCUT2D eigenvalue weighted by atomic mass is 10.1. The molecule has 1 heterocycles. The number of thioether (sulfide) groups is 1. The summed E-state index contributed by atoms with van der Waals surface area (Å²) in [5.74, 6) is -0.304. The zero-order chi connectivity index (χ0) is 21.8. The lowest BCUT2D eigenvalue weighted by Gasteiger charge is -2.07. The first-order chi connectivity index (χ1) is 15.0. The van der Waals surface area contributed by atoms with Gasteiger partial charge in [-0.25, -0.2) is 9.79 Å². The van der Waals surface area contributed by atoms with E-state index in [-0.39, 0.29) is 5.91 Å². The summed E-state index contributed by atoms with van der Waals surface area (Å²) in [4.78, 5) is 30.0. The third kappa shape index (κ3) is 4.92. The number of para-hydroxylation sites is 1. The fourth-order valence-electron chi connectivity index (χ4n) is 3.09. The van der Waals surface area contributed by atoms with Crippen molar-refractivity contribution in [3.05, 3.63) is 100.0 Å². The van der Waals surface area contributed by atoms with Crippen LogP contribution in [0.15, 0.2) is 82.7 Å². The molecule has 4 rings (SSSR count). The molecule has 3 aromatic rings. The van der Waals surface area contributed by atoms with E-state index >= 15 is 0 Å². The number of carbonyl (C=O) groups excluding carboxylic acids is 2. The Balaban J connectivity index is 1.57. The number of aryl methyl sites for hydroxylation is 2. The third-order valence-corrected chi connectivity index (χ3v) is 5.55. The van der Waals surface area contributed by atoms with Gasteiger partial charge in [0.25, 0.3) is 5.91 Å². The highest BCUT2D eigenvalue weighted by atomic mass is 32.2. The average Bonchev–Trinajstić information content (AvgIpc) is 3.11. The van der Waals surface area contributed by atoms with Gasteiger partial charge in [-0.15, -0.1) is 0 Å². The molecule has 6 heteroatoms. The largest absolute Gasteiger partial charge is 0.422 e. The average molecular weight is 429 g/mol. The van der Waals surface area contributed by atoms with Crippen molar-refractivity contribution < 1.29 is 14.3 Å². The van der Waals surface area contributed by atoms with Crippen molar-refractivity contribution in [1.29, 1.82) is 0 Å². The molecule has 1 N–H and O–H groups in total. The first-order valence-corrected chi connectivity index (χ1v) is 10.5. The molecule has 154 valence electrons. The SMILES string of the molecule is Cc1ccc(N=C2NC(=O)/C(=C/c3ccccc3OC(=O)c3ccccc3)S2)c(C)c1. The van der Waals surface area contributed by atoms with Crippen molar-refractivity contribution in [3.63, 3.8) is 0 Å². The third-order valence-electron chi connectivity index (χ3n) is 4.64. The van der Waals surface area contributed by atoms with Crippen LogP contribution in [-0.2, 0) is 4.79 Å².